The Kier molecular flexibility index (Phi) is 5.99. The van der Waals surface area contributed by atoms with Crippen molar-refractivity contribution in [2.45, 2.75) is 20.8 Å². The maximum atomic E-state index is 13.2. The number of carbonyl (C=O) groups excluding carboxylic acids is 2. The molecule has 5 heteroatoms. The summed E-state index contributed by atoms with van der Waals surface area (Å²) in [5.74, 6) is -0.718. The Morgan fingerprint density at radius 2 is 1.69 bits per heavy atom. The van der Waals surface area contributed by atoms with E-state index in [0.717, 1.165) is 27.6 Å². The Labute approximate surface area is 187 Å². The summed E-state index contributed by atoms with van der Waals surface area (Å²) in [4.78, 5) is 29.8. The minimum absolute atomic E-state index is 0.207. The number of hydrogen-bond donors (Lipinski definition) is 1. The molecule has 0 aliphatic carbocycles. The van der Waals surface area contributed by atoms with Crippen molar-refractivity contribution in [1.82, 2.24) is 4.98 Å². The molecule has 0 saturated heterocycles. The third-order valence-corrected chi connectivity index (χ3v) is 5.29. The number of hydrogen-bond acceptors (Lipinski definition) is 4. The summed E-state index contributed by atoms with van der Waals surface area (Å²) in [5, 5.41) is 3.80. The molecule has 4 aromatic rings. The number of carbonyl (C=O) groups is 2. The van der Waals surface area contributed by atoms with Gasteiger partial charge in [0.15, 0.2) is 0 Å². The molecule has 0 radical (unpaired) electrons. The second-order valence-corrected chi connectivity index (χ2v) is 7.65. The van der Waals surface area contributed by atoms with Crippen LogP contribution in [0.15, 0.2) is 72.8 Å². The van der Waals surface area contributed by atoms with Crippen molar-refractivity contribution >= 4 is 28.5 Å². The van der Waals surface area contributed by atoms with E-state index in [1.54, 1.807) is 25.1 Å². The lowest BCUT2D eigenvalue weighted by Crippen LogP contribution is -2.14. The van der Waals surface area contributed by atoms with E-state index >= 15 is 0 Å². The molecule has 32 heavy (non-hydrogen) atoms. The number of nitrogens with one attached hydrogen (secondary N) is 1. The molecule has 0 aliphatic heterocycles. The third-order valence-electron chi connectivity index (χ3n) is 5.29. The Bertz CT molecular complexity index is 1330. The summed E-state index contributed by atoms with van der Waals surface area (Å²) >= 11 is 0. The molecule has 3 aromatic carbocycles. The van der Waals surface area contributed by atoms with Gasteiger partial charge >= 0.3 is 5.97 Å². The second-order valence-electron chi connectivity index (χ2n) is 7.65. The molecular formula is C27H24N2O3. The van der Waals surface area contributed by atoms with Gasteiger partial charge in [-0.1, -0.05) is 60.2 Å². The minimum atomic E-state index is -0.489. The van der Waals surface area contributed by atoms with Gasteiger partial charge in [-0.3, -0.25) is 4.79 Å². The Morgan fingerprint density at radius 1 is 0.906 bits per heavy atom. The molecule has 0 fully saturated rings. The van der Waals surface area contributed by atoms with Crippen LogP contribution in [0, 0.1) is 13.8 Å². The molecule has 0 atom stereocenters. The first-order valence-electron chi connectivity index (χ1n) is 10.5. The highest BCUT2D eigenvalue weighted by atomic mass is 16.5. The number of amides is 1. The van der Waals surface area contributed by atoms with Crippen LogP contribution < -0.4 is 5.32 Å². The Hall–Kier alpha value is -3.99. The number of para-hydroxylation sites is 1. The fourth-order valence-corrected chi connectivity index (χ4v) is 3.63. The van der Waals surface area contributed by atoms with Crippen molar-refractivity contribution in [2.75, 3.05) is 11.9 Å². The van der Waals surface area contributed by atoms with Crippen LogP contribution in [0.4, 0.5) is 5.69 Å². The average Bonchev–Trinajstić information content (AvgIpc) is 2.79. The number of rotatable bonds is 5. The molecule has 1 heterocycles. The molecule has 4 rings (SSSR count). The first-order chi connectivity index (χ1) is 15.5. The predicted molar refractivity (Wildman–Crippen MR) is 127 cm³/mol. The number of ether oxygens (including phenoxy) is 1. The summed E-state index contributed by atoms with van der Waals surface area (Å²) in [6, 6.07) is 23.0. The molecule has 0 bridgehead atoms. The van der Waals surface area contributed by atoms with E-state index in [4.69, 9.17) is 4.74 Å². The number of fused-ring (bicyclic) bond motifs is 1. The highest BCUT2D eigenvalue weighted by Gasteiger charge is 2.15. The van der Waals surface area contributed by atoms with Gasteiger partial charge in [0.1, 0.15) is 5.69 Å². The molecule has 0 saturated carbocycles. The van der Waals surface area contributed by atoms with Gasteiger partial charge in [-0.15, -0.1) is 0 Å². The monoisotopic (exact) mass is 424 g/mol. The van der Waals surface area contributed by atoms with E-state index in [9.17, 15) is 9.59 Å². The first-order valence-corrected chi connectivity index (χ1v) is 10.5. The quantitative estimate of drug-likeness (QED) is 0.402. The predicted octanol–water partition coefficient (Wildman–Crippen LogP) is 5.95. The summed E-state index contributed by atoms with van der Waals surface area (Å²) in [7, 11) is 0. The van der Waals surface area contributed by atoms with Crippen LogP contribution in [0.2, 0.25) is 0 Å². The van der Waals surface area contributed by atoms with Crippen molar-refractivity contribution in [1.29, 1.82) is 0 Å². The lowest BCUT2D eigenvalue weighted by molar-refractivity contribution is 0.0520. The number of benzene rings is 3. The number of nitrogens with zero attached hydrogens (tertiary/aromatic N) is 1. The maximum absolute atomic E-state index is 13.2. The Morgan fingerprint density at radius 3 is 2.47 bits per heavy atom. The summed E-state index contributed by atoms with van der Waals surface area (Å²) in [6.07, 6.45) is 0. The number of pyridine rings is 1. The zero-order chi connectivity index (χ0) is 22.7. The van der Waals surface area contributed by atoms with Crippen molar-refractivity contribution < 1.29 is 14.3 Å². The highest BCUT2D eigenvalue weighted by molar-refractivity contribution is 6.09. The summed E-state index contributed by atoms with van der Waals surface area (Å²) in [6.45, 7) is 5.98. The van der Waals surface area contributed by atoms with E-state index < -0.39 is 5.97 Å². The lowest BCUT2D eigenvalue weighted by atomic mass is 9.98. The van der Waals surface area contributed by atoms with Crippen LogP contribution >= 0.6 is 0 Å². The number of aryl methyl sites for hydroxylation is 2. The van der Waals surface area contributed by atoms with Gasteiger partial charge < -0.3 is 10.1 Å². The van der Waals surface area contributed by atoms with Crippen molar-refractivity contribution in [3.63, 3.8) is 0 Å². The summed E-state index contributed by atoms with van der Waals surface area (Å²) in [5.41, 5.74) is 5.95. The molecule has 0 aliphatic rings. The van der Waals surface area contributed by atoms with Crippen LogP contribution in [-0.4, -0.2) is 23.5 Å². The summed E-state index contributed by atoms with van der Waals surface area (Å²) < 4.78 is 5.06. The smallest absolute Gasteiger partial charge is 0.356 e. The molecule has 160 valence electrons. The molecular weight excluding hydrogens is 400 g/mol. The lowest BCUT2D eigenvalue weighted by Gasteiger charge is -2.12. The van der Waals surface area contributed by atoms with Crippen LogP contribution in [-0.2, 0) is 4.74 Å². The SMILES string of the molecule is CCOC(=O)c1ccc2cccc(NC(=O)c3cc(-c4cccc(C)c4)ccc3C)c2n1. The van der Waals surface area contributed by atoms with Gasteiger partial charge in [-0.05, 0) is 55.7 Å². The number of aromatic nitrogens is 1. The molecule has 1 amide bonds. The van der Waals surface area contributed by atoms with Gasteiger partial charge in [-0.2, -0.15) is 0 Å². The van der Waals surface area contributed by atoms with Gasteiger partial charge in [0, 0.05) is 10.9 Å². The normalized spacial score (nSPS) is 10.7. The van der Waals surface area contributed by atoms with Crippen LogP contribution in [0.3, 0.4) is 0 Å². The fraction of sp³-hybridized carbons (Fsp3) is 0.148. The molecule has 1 N–H and O–H groups in total. The first kappa shape index (κ1) is 21.2. The van der Waals surface area contributed by atoms with Crippen LogP contribution in [0.1, 0.15) is 38.9 Å². The largest absolute Gasteiger partial charge is 0.461 e. The maximum Gasteiger partial charge on any atom is 0.356 e. The van der Waals surface area contributed by atoms with Gasteiger partial charge in [0.2, 0.25) is 0 Å². The topological polar surface area (TPSA) is 68.3 Å². The van der Waals surface area contributed by atoms with E-state index in [0.29, 0.717) is 16.8 Å². The van der Waals surface area contributed by atoms with Crippen LogP contribution in [0.5, 0.6) is 0 Å². The van der Waals surface area contributed by atoms with Crippen molar-refractivity contribution in [2.24, 2.45) is 0 Å². The van der Waals surface area contributed by atoms with Gasteiger partial charge in [-0.25, -0.2) is 9.78 Å². The highest BCUT2D eigenvalue weighted by Crippen LogP contribution is 2.26. The second kappa shape index (κ2) is 9.02. The van der Waals surface area contributed by atoms with E-state index in [2.05, 4.69) is 16.4 Å². The van der Waals surface area contributed by atoms with Crippen molar-refractivity contribution in [3.05, 3.63) is 95.2 Å². The third kappa shape index (κ3) is 4.37. The van der Waals surface area contributed by atoms with E-state index in [1.165, 1.54) is 0 Å². The molecule has 1 aromatic heterocycles. The number of anilines is 1. The van der Waals surface area contributed by atoms with E-state index in [1.807, 2.05) is 62.4 Å². The zero-order valence-corrected chi connectivity index (χ0v) is 18.3. The average molecular weight is 425 g/mol. The molecule has 0 spiro atoms. The van der Waals surface area contributed by atoms with Crippen molar-refractivity contribution in [3.8, 4) is 11.1 Å². The standard InChI is InChI=1S/C27H24N2O3/c1-4-32-27(31)24-14-13-19-8-6-10-23(25(19)28-24)29-26(30)22-16-21(12-11-18(22)3)20-9-5-7-17(2)15-20/h5-16H,4H2,1-3H3,(H,29,30). The number of esters is 1. The van der Waals surface area contributed by atoms with Gasteiger partial charge in [0.05, 0.1) is 17.8 Å². The molecule has 5 nitrogen and oxygen atoms in total. The van der Waals surface area contributed by atoms with E-state index in [-0.39, 0.29) is 18.2 Å². The molecule has 0 unspecified atom stereocenters. The van der Waals surface area contributed by atoms with Crippen LogP contribution in [0.25, 0.3) is 22.0 Å². The fourth-order valence-electron chi connectivity index (χ4n) is 3.63. The minimum Gasteiger partial charge on any atom is -0.461 e. The zero-order valence-electron chi connectivity index (χ0n) is 18.3. The van der Waals surface area contributed by atoms with Gasteiger partial charge in [0.25, 0.3) is 5.91 Å². The Balaban J connectivity index is 1.69.